The number of aromatic nitrogens is 1. The molecule has 0 atom stereocenters. The lowest BCUT2D eigenvalue weighted by molar-refractivity contribution is 0.629. The minimum atomic E-state index is -0.318. The summed E-state index contributed by atoms with van der Waals surface area (Å²) in [7, 11) is 0. The van der Waals surface area contributed by atoms with Crippen molar-refractivity contribution < 1.29 is 4.39 Å². The molecule has 0 aliphatic heterocycles. The number of nitrogens with one attached hydrogen (secondary N) is 1. The normalized spacial score (nSPS) is 10.7. The third kappa shape index (κ3) is 2.73. The summed E-state index contributed by atoms with van der Waals surface area (Å²) >= 11 is 5.98. The molecule has 0 aliphatic carbocycles. The number of rotatable bonds is 3. The van der Waals surface area contributed by atoms with Crippen LogP contribution in [0.3, 0.4) is 0 Å². The smallest absolute Gasteiger partial charge is 0.131 e. The van der Waals surface area contributed by atoms with Crippen LogP contribution in [-0.4, -0.2) is 4.98 Å². The van der Waals surface area contributed by atoms with Gasteiger partial charge < -0.3 is 5.32 Å². The van der Waals surface area contributed by atoms with E-state index >= 15 is 0 Å². The van der Waals surface area contributed by atoms with Crippen LogP contribution < -0.4 is 5.32 Å². The molecule has 0 unspecified atom stereocenters. The van der Waals surface area contributed by atoms with Gasteiger partial charge in [-0.1, -0.05) is 41.9 Å². The molecule has 0 aliphatic rings. The van der Waals surface area contributed by atoms with Crippen LogP contribution in [-0.2, 0) is 6.54 Å². The average molecular weight is 287 g/mol. The highest BCUT2D eigenvalue weighted by Gasteiger charge is 2.06. The SMILES string of the molecule is Fc1ccc2c(NCc3ccccc3)cc(Cl)nc2c1. The predicted octanol–water partition coefficient (Wildman–Crippen LogP) is 4.64. The Labute approximate surface area is 121 Å². The fourth-order valence-electron chi connectivity index (χ4n) is 2.11. The molecule has 1 aromatic heterocycles. The van der Waals surface area contributed by atoms with E-state index in [1.165, 1.54) is 12.1 Å². The summed E-state index contributed by atoms with van der Waals surface area (Å²) < 4.78 is 13.2. The van der Waals surface area contributed by atoms with Gasteiger partial charge in [0.25, 0.3) is 0 Å². The van der Waals surface area contributed by atoms with Crippen molar-refractivity contribution in [1.82, 2.24) is 4.98 Å². The van der Waals surface area contributed by atoms with Crippen molar-refractivity contribution in [3.8, 4) is 0 Å². The first-order chi connectivity index (χ1) is 9.72. The van der Waals surface area contributed by atoms with Crippen molar-refractivity contribution in [3.05, 3.63) is 71.1 Å². The highest BCUT2D eigenvalue weighted by molar-refractivity contribution is 6.30. The van der Waals surface area contributed by atoms with Gasteiger partial charge in [-0.3, -0.25) is 0 Å². The average Bonchev–Trinajstić information content (AvgIpc) is 2.45. The number of fused-ring (bicyclic) bond motifs is 1. The molecule has 3 aromatic rings. The summed E-state index contributed by atoms with van der Waals surface area (Å²) in [5.74, 6) is -0.318. The monoisotopic (exact) mass is 286 g/mol. The topological polar surface area (TPSA) is 24.9 Å². The van der Waals surface area contributed by atoms with Crippen LogP contribution >= 0.6 is 11.6 Å². The zero-order valence-corrected chi connectivity index (χ0v) is 11.4. The maximum Gasteiger partial charge on any atom is 0.131 e. The van der Waals surface area contributed by atoms with Gasteiger partial charge in [0.05, 0.1) is 5.52 Å². The summed E-state index contributed by atoms with van der Waals surface area (Å²) in [6, 6.07) is 16.3. The van der Waals surface area contributed by atoms with Crippen LogP contribution in [0, 0.1) is 5.82 Å². The zero-order chi connectivity index (χ0) is 13.9. The van der Waals surface area contributed by atoms with E-state index in [0.29, 0.717) is 17.2 Å². The van der Waals surface area contributed by atoms with Crippen LogP contribution in [0.2, 0.25) is 5.15 Å². The van der Waals surface area contributed by atoms with Crippen LogP contribution in [0.25, 0.3) is 10.9 Å². The second-order valence-electron chi connectivity index (χ2n) is 4.49. The molecule has 1 N–H and O–H groups in total. The molecule has 2 nitrogen and oxygen atoms in total. The molecule has 0 spiro atoms. The van der Waals surface area contributed by atoms with Crippen LogP contribution in [0.4, 0.5) is 10.1 Å². The van der Waals surface area contributed by atoms with Gasteiger partial charge in [0.2, 0.25) is 0 Å². The van der Waals surface area contributed by atoms with Crippen molar-refractivity contribution in [3.63, 3.8) is 0 Å². The molecule has 0 fully saturated rings. The number of halogens is 2. The maximum absolute atomic E-state index is 13.2. The summed E-state index contributed by atoms with van der Waals surface area (Å²) in [5, 5.41) is 4.52. The van der Waals surface area contributed by atoms with Gasteiger partial charge in [0.1, 0.15) is 11.0 Å². The third-order valence-electron chi connectivity index (χ3n) is 3.07. The summed E-state index contributed by atoms with van der Waals surface area (Å²) in [6.07, 6.45) is 0. The molecule has 3 rings (SSSR count). The lowest BCUT2D eigenvalue weighted by Crippen LogP contribution is -2.00. The first kappa shape index (κ1) is 12.9. The standard InChI is InChI=1S/C16H12ClFN2/c17-16-9-14(19-10-11-4-2-1-3-5-11)13-7-6-12(18)8-15(13)20-16/h1-9H,10H2,(H,19,20). The molecule has 0 bridgehead atoms. The second-order valence-corrected chi connectivity index (χ2v) is 4.88. The summed E-state index contributed by atoms with van der Waals surface area (Å²) in [4.78, 5) is 4.14. The molecule has 0 saturated heterocycles. The van der Waals surface area contributed by atoms with Gasteiger partial charge in [-0.15, -0.1) is 0 Å². The first-order valence-corrected chi connectivity index (χ1v) is 6.64. The lowest BCUT2D eigenvalue weighted by atomic mass is 10.1. The highest BCUT2D eigenvalue weighted by atomic mass is 35.5. The molecular weight excluding hydrogens is 275 g/mol. The van der Waals surface area contributed by atoms with Gasteiger partial charge in [-0.05, 0) is 23.8 Å². The number of hydrogen-bond donors (Lipinski definition) is 1. The maximum atomic E-state index is 13.2. The largest absolute Gasteiger partial charge is 0.380 e. The quantitative estimate of drug-likeness (QED) is 0.710. The van der Waals surface area contributed by atoms with E-state index in [4.69, 9.17) is 11.6 Å². The number of hydrogen-bond acceptors (Lipinski definition) is 2. The van der Waals surface area contributed by atoms with Crippen molar-refractivity contribution in [2.24, 2.45) is 0 Å². The molecule has 20 heavy (non-hydrogen) atoms. The molecule has 0 radical (unpaired) electrons. The van der Waals surface area contributed by atoms with Crippen LogP contribution in [0.5, 0.6) is 0 Å². The Kier molecular flexibility index (Phi) is 3.52. The van der Waals surface area contributed by atoms with E-state index in [-0.39, 0.29) is 5.82 Å². The number of nitrogens with zero attached hydrogens (tertiary/aromatic N) is 1. The van der Waals surface area contributed by atoms with Crippen LogP contribution in [0.15, 0.2) is 54.6 Å². The molecule has 4 heteroatoms. The minimum Gasteiger partial charge on any atom is -0.380 e. The van der Waals surface area contributed by atoms with Gasteiger partial charge in [-0.25, -0.2) is 9.37 Å². The van der Waals surface area contributed by atoms with E-state index in [1.807, 2.05) is 30.3 Å². The molecular formula is C16H12ClFN2. The fourth-order valence-corrected chi connectivity index (χ4v) is 2.31. The number of anilines is 1. The van der Waals surface area contributed by atoms with E-state index in [0.717, 1.165) is 16.6 Å². The van der Waals surface area contributed by atoms with E-state index in [1.54, 1.807) is 12.1 Å². The van der Waals surface area contributed by atoms with E-state index < -0.39 is 0 Å². The Morgan fingerprint density at radius 1 is 1.05 bits per heavy atom. The molecule has 0 amide bonds. The first-order valence-electron chi connectivity index (χ1n) is 6.26. The molecule has 2 aromatic carbocycles. The van der Waals surface area contributed by atoms with E-state index in [2.05, 4.69) is 10.3 Å². The Balaban J connectivity index is 1.94. The van der Waals surface area contributed by atoms with Crippen molar-refractivity contribution >= 4 is 28.2 Å². The summed E-state index contributed by atoms with van der Waals surface area (Å²) in [5.41, 5.74) is 2.56. The predicted molar refractivity (Wildman–Crippen MR) is 80.5 cm³/mol. The summed E-state index contributed by atoms with van der Waals surface area (Å²) in [6.45, 7) is 0.674. The lowest BCUT2D eigenvalue weighted by Gasteiger charge is -2.10. The van der Waals surface area contributed by atoms with Gasteiger partial charge in [-0.2, -0.15) is 0 Å². The van der Waals surface area contributed by atoms with Gasteiger partial charge in [0, 0.05) is 23.7 Å². The number of pyridine rings is 1. The molecule has 1 heterocycles. The number of benzene rings is 2. The Morgan fingerprint density at radius 3 is 2.65 bits per heavy atom. The Hall–Kier alpha value is -2.13. The zero-order valence-electron chi connectivity index (χ0n) is 10.6. The highest BCUT2D eigenvalue weighted by Crippen LogP contribution is 2.26. The van der Waals surface area contributed by atoms with Gasteiger partial charge in [0.15, 0.2) is 0 Å². The van der Waals surface area contributed by atoms with Gasteiger partial charge >= 0.3 is 0 Å². The molecule has 100 valence electrons. The van der Waals surface area contributed by atoms with Crippen molar-refractivity contribution in [2.45, 2.75) is 6.54 Å². The Morgan fingerprint density at radius 2 is 1.85 bits per heavy atom. The fraction of sp³-hybridized carbons (Fsp3) is 0.0625. The van der Waals surface area contributed by atoms with Crippen molar-refractivity contribution in [1.29, 1.82) is 0 Å². The Bertz CT molecular complexity index is 739. The minimum absolute atomic E-state index is 0.318. The van der Waals surface area contributed by atoms with Crippen LogP contribution in [0.1, 0.15) is 5.56 Å². The van der Waals surface area contributed by atoms with E-state index in [9.17, 15) is 4.39 Å². The second kappa shape index (κ2) is 5.47. The van der Waals surface area contributed by atoms with Crippen molar-refractivity contribution in [2.75, 3.05) is 5.32 Å². The third-order valence-corrected chi connectivity index (χ3v) is 3.26. The molecule has 0 saturated carbocycles.